The standard InChI is InChI=1S/C14H22N2O.C2H6/c1-5-14(7-6-12(2)3)16-10-8-15(9-11-16)13(4)17;1-2/h5-7H,1,8-11H2,2-4H3;1-2H3/b14-7+;. The molecule has 0 spiro atoms. The molecule has 0 aromatic heterocycles. The maximum Gasteiger partial charge on any atom is 0.219 e. The summed E-state index contributed by atoms with van der Waals surface area (Å²) in [5, 5.41) is 0. The van der Waals surface area contributed by atoms with Crippen molar-refractivity contribution in [3.63, 3.8) is 0 Å². The predicted molar refractivity (Wildman–Crippen MR) is 82.9 cm³/mol. The third kappa shape index (κ3) is 6.27. The Kier molecular flexibility index (Phi) is 8.68. The van der Waals surface area contributed by atoms with Crippen LogP contribution in [0.4, 0.5) is 0 Å². The summed E-state index contributed by atoms with van der Waals surface area (Å²) in [6.07, 6.45) is 6.06. The van der Waals surface area contributed by atoms with Crippen LogP contribution < -0.4 is 0 Å². The highest BCUT2D eigenvalue weighted by molar-refractivity contribution is 5.73. The highest BCUT2D eigenvalue weighted by Gasteiger charge is 2.18. The minimum absolute atomic E-state index is 0.165. The first kappa shape index (κ1) is 17.5. The number of nitrogens with zero attached hydrogens (tertiary/aromatic N) is 2. The van der Waals surface area contributed by atoms with Crippen molar-refractivity contribution in [3.8, 4) is 0 Å². The Morgan fingerprint density at radius 3 is 1.79 bits per heavy atom. The van der Waals surface area contributed by atoms with Crippen molar-refractivity contribution in [2.45, 2.75) is 34.6 Å². The third-order valence-corrected chi connectivity index (χ3v) is 2.89. The predicted octanol–water partition coefficient (Wildman–Crippen LogP) is 3.21. The second-order valence-electron chi connectivity index (χ2n) is 4.53. The molecule has 3 heteroatoms. The molecule has 1 aliphatic heterocycles. The molecule has 0 radical (unpaired) electrons. The summed E-state index contributed by atoms with van der Waals surface area (Å²) < 4.78 is 0. The minimum Gasteiger partial charge on any atom is -0.368 e. The first-order valence-electron chi connectivity index (χ1n) is 7.02. The maximum absolute atomic E-state index is 11.2. The lowest BCUT2D eigenvalue weighted by atomic mass is 10.2. The Bertz CT molecular complexity index is 344. The average molecular weight is 264 g/mol. The molecular formula is C16H28N2O. The summed E-state index contributed by atoms with van der Waals surface area (Å²) in [4.78, 5) is 15.4. The first-order valence-corrected chi connectivity index (χ1v) is 7.02. The van der Waals surface area contributed by atoms with Crippen molar-refractivity contribution < 1.29 is 4.79 Å². The zero-order chi connectivity index (χ0) is 14.8. The number of rotatable bonds is 3. The van der Waals surface area contributed by atoms with Crippen molar-refractivity contribution in [3.05, 3.63) is 36.1 Å². The molecule has 0 N–H and O–H groups in total. The molecule has 1 fully saturated rings. The van der Waals surface area contributed by atoms with E-state index in [1.807, 2.05) is 24.8 Å². The van der Waals surface area contributed by atoms with Crippen LogP contribution >= 0.6 is 0 Å². The monoisotopic (exact) mass is 264 g/mol. The summed E-state index contributed by atoms with van der Waals surface area (Å²) in [7, 11) is 0. The lowest BCUT2D eigenvalue weighted by Gasteiger charge is -2.36. The fourth-order valence-electron chi connectivity index (χ4n) is 1.83. The van der Waals surface area contributed by atoms with Crippen molar-refractivity contribution in [1.29, 1.82) is 0 Å². The fourth-order valence-corrected chi connectivity index (χ4v) is 1.83. The van der Waals surface area contributed by atoms with Crippen LogP contribution in [-0.4, -0.2) is 41.9 Å². The van der Waals surface area contributed by atoms with Crippen LogP contribution in [0.5, 0.6) is 0 Å². The molecule has 0 saturated carbocycles. The van der Waals surface area contributed by atoms with Gasteiger partial charge in [0.1, 0.15) is 0 Å². The summed E-state index contributed by atoms with van der Waals surface area (Å²) in [6.45, 7) is 17.0. The molecule has 1 rings (SSSR count). The molecular weight excluding hydrogens is 236 g/mol. The van der Waals surface area contributed by atoms with Gasteiger partial charge in [-0.15, -0.1) is 0 Å². The van der Waals surface area contributed by atoms with Gasteiger partial charge in [0.2, 0.25) is 5.91 Å². The lowest BCUT2D eigenvalue weighted by molar-refractivity contribution is -0.130. The van der Waals surface area contributed by atoms with Gasteiger partial charge in [0.15, 0.2) is 0 Å². The summed E-state index contributed by atoms with van der Waals surface area (Å²) in [5.74, 6) is 0.165. The van der Waals surface area contributed by atoms with E-state index in [1.54, 1.807) is 6.92 Å². The van der Waals surface area contributed by atoms with Crippen LogP contribution in [-0.2, 0) is 4.79 Å². The number of hydrogen-bond donors (Lipinski definition) is 0. The van der Waals surface area contributed by atoms with Gasteiger partial charge in [0, 0.05) is 38.8 Å². The van der Waals surface area contributed by atoms with E-state index in [0.29, 0.717) is 0 Å². The van der Waals surface area contributed by atoms with E-state index in [1.165, 1.54) is 5.57 Å². The van der Waals surface area contributed by atoms with Gasteiger partial charge in [-0.2, -0.15) is 0 Å². The van der Waals surface area contributed by atoms with Gasteiger partial charge in [-0.3, -0.25) is 4.79 Å². The third-order valence-electron chi connectivity index (χ3n) is 2.89. The van der Waals surface area contributed by atoms with Gasteiger partial charge in [-0.05, 0) is 26.0 Å². The van der Waals surface area contributed by atoms with Crippen molar-refractivity contribution >= 4 is 5.91 Å². The smallest absolute Gasteiger partial charge is 0.219 e. The Balaban J connectivity index is 0.00000154. The van der Waals surface area contributed by atoms with Gasteiger partial charge in [-0.1, -0.05) is 32.1 Å². The molecule has 3 nitrogen and oxygen atoms in total. The Labute approximate surface area is 118 Å². The number of carbonyl (C=O) groups excluding carboxylic acids is 1. The Morgan fingerprint density at radius 2 is 1.42 bits per heavy atom. The molecule has 0 unspecified atom stereocenters. The quantitative estimate of drug-likeness (QED) is 0.731. The first-order chi connectivity index (χ1) is 9.04. The van der Waals surface area contributed by atoms with Crippen molar-refractivity contribution in [2.24, 2.45) is 0 Å². The molecule has 0 aromatic carbocycles. The minimum atomic E-state index is 0.165. The number of carbonyl (C=O) groups is 1. The zero-order valence-corrected chi connectivity index (χ0v) is 13.1. The van der Waals surface area contributed by atoms with Gasteiger partial charge >= 0.3 is 0 Å². The summed E-state index contributed by atoms with van der Waals surface area (Å²) in [6, 6.07) is 0. The van der Waals surface area contributed by atoms with Crippen LogP contribution in [0.3, 0.4) is 0 Å². The van der Waals surface area contributed by atoms with Gasteiger partial charge < -0.3 is 9.80 Å². The van der Waals surface area contributed by atoms with Gasteiger partial charge in [0.25, 0.3) is 0 Å². The molecule has 0 atom stereocenters. The van der Waals surface area contributed by atoms with Crippen LogP contribution in [0.1, 0.15) is 34.6 Å². The number of amides is 1. The van der Waals surface area contributed by atoms with Crippen molar-refractivity contribution in [2.75, 3.05) is 26.2 Å². The molecule has 0 bridgehead atoms. The summed E-state index contributed by atoms with van der Waals surface area (Å²) in [5.41, 5.74) is 2.40. The number of allylic oxidation sites excluding steroid dienone is 4. The van der Waals surface area contributed by atoms with Crippen LogP contribution in [0, 0.1) is 0 Å². The maximum atomic E-state index is 11.2. The number of hydrogen-bond acceptors (Lipinski definition) is 2. The second-order valence-corrected chi connectivity index (χ2v) is 4.53. The molecule has 1 aliphatic rings. The second kappa shape index (κ2) is 9.42. The number of piperazine rings is 1. The van der Waals surface area contributed by atoms with Crippen molar-refractivity contribution in [1.82, 2.24) is 9.80 Å². The van der Waals surface area contributed by atoms with E-state index in [0.717, 1.165) is 31.9 Å². The van der Waals surface area contributed by atoms with Gasteiger partial charge in [0.05, 0.1) is 0 Å². The van der Waals surface area contributed by atoms with E-state index < -0.39 is 0 Å². The van der Waals surface area contributed by atoms with E-state index in [9.17, 15) is 4.79 Å². The molecule has 1 heterocycles. The molecule has 1 amide bonds. The molecule has 1 saturated heterocycles. The fraction of sp³-hybridized carbons (Fsp3) is 0.562. The molecule has 108 valence electrons. The van der Waals surface area contributed by atoms with E-state index in [4.69, 9.17) is 0 Å². The van der Waals surface area contributed by atoms with E-state index in [2.05, 4.69) is 37.5 Å². The SMILES string of the molecule is C=C/C(=C\C=C(C)C)N1CCN(C(C)=O)CC1.CC. The normalized spacial score (nSPS) is 15.3. The average Bonchev–Trinajstić information content (AvgIpc) is 2.42. The van der Waals surface area contributed by atoms with Crippen LogP contribution in [0.2, 0.25) is 0 Å². The topological polar surface area (TPSA) is 23.6 Å². The van der Waals surface area contributed by atoms with Gasteiger partial charge in [-0.25, -0.2) is 0 Å². The van der Waals surface area contributed by atoms with E-state index >= 15 is 0 Å². The largest absolute Gasteiger partial charge is 0.368 e. The molecule has 19 heavy (non-hydrogen) atoms. The highest BCUT2D eigenvalue weighted by Crippen LogP contribution is 2.11. The zero-order valence-electron chi connectivity index (χ0n) is 13.1. The lowest BCUT2D eigenvalue weighted by Crippen LogP contribution is -2.47. The van der Waals surface area contributed by atoms with Crippen LogP contribution in [0.25, 0.3) is 0 Å². The highest BCUT2D eigenvalue weighted by atomic mass is 16.2. The summed E-state index contributed by atoms with van der Waals surface area (Å²) >= 11 is 0. The molecule has 0 aliphatic carbocycles. The van der Waals surface area contributed by atoms with E-state index in [-0.39, 0.29) is 5.91 Å². The van der Waals surface area contributed by atoms with Crippen LogP contribution in [0.15, 0.2) is 36.1 Å². The Hall–Kier alpha value is -1.51. The Morgan fingerprint density at radius 1 is 0.947 bits per heavy atom. The molecule has 0 aromatic rings.